The van der Waals surface area contributed by atoms with Gasteiger partial charge in [-0.05, 0) is 12.1 Å². The van der Waals surface area contributed by atoms with Crippen molar-refractivity contribution in [2.75, 3.05) is 0 Å². The molecule has 2 nitrogen and oxygen atoms in total. The number of benzene rings is 1. The number of rotatable bonds is 3. The number of hydrogen-bond donors (Lipinski definition) is 0. The molecule has 1 heterocycles. The molecular formula is C14H13Br2NO. The molecule has 0 aliphatic rings. The molecule has 1 aromatic carbocycles. The molecule has 2 rings (SSSR count). The average molecular weight is 371 g/mol. The number of Topliss-reactive ketones (excluding diaryl/α,β-unsaturated/α-hetero) is 1. The Bertz CT molecular complexity index is 538. The van der Waals surface area contributed by atoms with E-state index in [0.29, 0.717) is 6.54 Å². The molecule has 18 heavy (non-hydrogen) atoms. The Labute approximate surface area is 126 Å². The van der Waals surface area contributed by atoms with Crippen LogP contribution in [0.15, 0.2) is 53.1 Å². The number of ketones is 1. The molecule has 0 N–H and O–H groups in total. The number of hydrogen-bond acceptors (Lipinski definition) is 1. The summed E-state index contributed by atoms with van der Waals surface area (Å²) in [5.41, 5.74) is 1.82. The second-order valence-corrected chi connectivity index (χ2v) is 4.82. The number of halogens is 2. The third-order valence-corrected chi connectivity index (χ3v) is 3.18. The maximum absolute atomic E-state index is 12.0. The molecule has 0 amide bonds. The van der Waals surface area contributed by atoms with Crippen molar-refractivity contribution >= 4 is 21.7 Å². The van der Waals surface area contributed by atoms with Gasteiger partial charge >= 0.3 is 0 Å². The molecule has 4 heteroatoms. The summed E-state index contributed by atoms with van der Waals surface area (Å²) in [4.78, 5) is 12.0. The van der Waals surface area contributed by atoms with Crippen LogP contribution in [0.5, 0.6) is 0 Å². The van der Waals surface area contributed by atoms with Gasteiger partial charge in [0.25, 0.3) is 0 Å². The fourth-order valence-corrected chi connectivity index (χ4v) is 1.89. The molecule has 0 aliphatic heterocycles. The first-order valence-electron chi connectivity index (χ1n) is 5.40. The number of aryl methyl sites for hydroxylation is 1. The van der Waals surface area contributed by atoms with Crippen molar-refractivity contribution in [1.29, 1.82) is 0 Å². The fraction of sp³-hybridized carbons (Fsp3) is 0.143. The molecule has 0 radical (unpaired) electrons. The van der Waals surface area contributed by atoms with Gasteiger partial charge in [-0.15, -0.1) is 0 Å². The fourth-order valence-electron chi connectivity index (χ4n) is 1.62. The summed E-state index contributed by atoms with van der Waals surface area (Å²) in [7, 11) is 0. The minimum absolute atomic E-state index is 0. The molecule has 0 fully saturated rings. The third kappa shape index (κ3) is 3.75. The van der Waals surface area contributed by atoms with Crippen molar-refractivity contribution in [3.05, 3.63) is 64.4 Å². The maximum atomic E-state index is 12.0. The molecule has 0 spiro atoms. The van der Waals surface area contributed by atoms with Gasteiger partial charge in [0.05, 0.1) is 0 Å². The van der Waals surface area contributed by atoms with Crippen LogP contribution in [0.1, 0.15) is 16.1 Å². The SMILES string of the molecule is Cc1cccc[n+]1CC(=O)c1ccc(Br)cc1.[Br-]. The Morgan fingerprint density at radius 2 is 1.83 bits per heavy atom. The minimum Gasteiger partial charge on any atom is -1.00 e. The van der Waals surface area contributed by atoms with Gasteiger partial charge < -0.3 is 17.0 Å². The zero-order valence-electron chi connectivity index (χ0n) is 9.94. The summed E-state index contributed by atoms with van der Waals surface area (Å²) in [6, 6.07) is 13.3. The van der Waals surface area contributed by atoms with Crippen LogP contribution in [-0.2, 0) is 6.54 Å². The Balaban J connectivity index is 0.00000162. The first-order chi connectivity index (χ1) is 8.16. The number of carbonyl (C=O) groups excluding carboxylic acids is 1. The molecule has 2 aromatic rings. The summed E-state index contributed by atoms with van der Waals surface area (Å²) in [5, 5.41) is 0. The lowest BCUT2D eigenvalue weighted by Gasteiger charge is -2.00. The van der Waals surface area contributed by atoms with Gasteiger partial charge in [-0.25, -0.2) is 0 Å². The van der Waals surface area contributed by atoms with E-state index in [2.05, 4.69) is 15.9 Å². The molecule has 94 valence electrons. The van der Waals surface area contributed by atoms with E-state index in [1.54, 1.807) is 0 Å². The highest BCUT2D eigenvalue weighted by molar-refractivity contribution is 9.10. The van der Waals surface area contributed by atoms with E-state index >= 15 is 0 Å². The number of carbonyl (C=O) groups is 1. The maximum Gasteiger partial charge on any atom is 0.227 e. The lowest BCUT2D eigenvalue weighted by atomic mass is 10.1. The van der Waals surface area contributed by atoms with Gasteiger partial charge in [0.15, 0.2) is 11.9 Å². The lowest BCUT2D eigenvalue weighted by Crippen LogP contribution is -3.00. The van der Waals surface area contributed by atoms with Crippen molar-refractivity contribution in [3.8, 4) is 0 Å². The van der Waals surface area contributed by atoms with Gasteiger partial charge in [0.2, 0.25) is 12.3 Å². The van der Waals surface area contributed by atoms with Crippen LogP contribution in [-0.4, -0.2) is 5.78 Å². The Kier molecular flexibility index (Phi) is 5.69. The number of nitrogens with zero attached hydrogens (tertiary/aromatic N) is 1. The zero-order chi connectivity index (χ0) is 12.3. The van der Waals surface area contributed by atoms with Gasteiger partial charge in [-0.1, -0.05) is 34.1 Å². The normalized spacial score (nSPS) is 9.67. The van der Waals surface area contributed by atoms with E-state index in [1.165, 1.54) is 0 Å². The molecule has 0 unspecified atom stereocenters. The topological polar surface area (TPSA) is 20.9 Å². The van der Waals surface area contributed by atoms with Gasteiger partial charge in [-0.2, -0.15) is 4.57 Å². The number of aromatic nitrogens is 1. The van der Waals surface area contributed by atoms with Gasteiger partial charge in [-0.3, -0.25) is 4.79 Å². The van der Waals surface area contributed by atoms with Crippen LogP contribution in [0.2, 0.25) is 0 Å². The van der Waals surface area contributed by atoms with Gasteiger partial charge in [0.1, 0.15) is 0 Å². The van der Waals surface area contributed by atoms with Crippen LogP contribution in [0.3, 0.4) is 0 Å². The summed E-state index contributed by atoms with van der Waals surface area (Å²) < 4.78 is 2.93. The monoisotopic (exact) mass is 369 g/mol. The quantitative estimate of drug-likeness (QED) is 0.547. The van der Waals surface area contributed by atoms with Crippen molar-refractivity contribution in [3.63, 3.8) is 0 Å². The molecule has 0 atom stereocenters. The summed E-state index contributed by atoms with van der Waals surface area (Å²) in [6.07, 6.45) is 1.92. The summed E-state index contributed by atoms with van der Waals surface area (Å²) in [6.45, 7) is 2.38. The van der Waals surface area contributed by atoms with E-state index in [1.807, 2.05) is 60.2 Å². The Hall–Kier alpha value is -1.000. The van der Waals surface area contributed by atoms with Crippen LogP contribution in [0, 0.1) is 6.92 Å². The third-order valence-electron chi connectivity index (χ3n) is 2.65. The van der Waals surface area contributed by atoms with E-state index in [0.717, 1.165) is 15.7 Å². The molecule has 0 bridgehead atoms. The highest BCUT2D eigenvalue weighted by atomic mass is 79.9. The molecule has 0 aliphatic carbocycles. The highest BCUT2D eigenvalue weighted by Crippen LogP contribution is 2.10. The summed E-state index contributed by atoms with van der Waals surface area (Å²) in [5.74, 6) is 0.122. The van der Waals surface area contributed by atoms with Crippen LogP contribution >= 0.6 is 15.9 Å². The van der Waals surface area contributed by atoms with Crippen LogP contribution in [0.4, 0.5) is 0 Å². The first-order valence-corrected chi connectivity index (χ1v) is 6.20. The van der Waals surface area contributed by atoms with Crippen LogP contribution in [0.25, 0.3) is 0 Å². The second-order valence-electron chi connectivity index (χ2n) is 3.90. The smallest absolute Gasteiger partial charge is 0.227 e. The minimum atomic E-state index is 0. The van der Waals surface area contributed by atoms with Crippen molar-refractivity contribution < 1.29 is 26.3 Å². The van der Waals surface area contributed by atoms with Crippen LogP contribution < -0.4 is 21.5 Å². The number of pyridine rings is 1. The first kappa shape index (κ1) is 15.1. The van der Waals surface area contributed by atoms with E-state index in [9.17, 15) is 4.79 Å². The predicted molar refractivity (Wildman–Crippen MR) is 69.8 cm³/mol. The average Bonchev–Trinajstić information content (AvgIpc) is 2.33. The van der Waals surface area contributed by atoms with E-state index in [-0.39, 0.29) is 22.8 Å². The molecule has 0 saturated heterocycles. The van der Waals surface area contributed by atoms with Crippen molar-refractivity contribution in [2.45, 2.75) is 13.5 Å². The molecule has 1 aromatic heterocycles. The predicted octanol–water partition coefficient (Wildman–Crippen LogP) is -0.0681. The van der Waals surface area contributed by atoms with E-state index in [4.69, 9.17) is 0 Å². The molecular weight excluding hydrogens is 358 g/mol. The largest absolute Gasteiger partial charge is 1.00 e. The second kappa shape index (κ2) is 6.81. The van der Waals surface area contributed by atoms with Gasteiger partial charge in [0, 0.05) is 29.1 Å². The Morgan fingerprint density at radius 1 is 1.17 bits per heavy atom. The Morgan fingerprint density at radius 3 is 2.44 bits per heavy atom. The summed E-state index contributed by atoms with van der Waals surface area (Å²) >= 11 is 3.36. The zero-order valence-corrected chi connectivity index (χ0v) is 13.1. The van der Waals surface area contributed by atoms with Crippen molar-refractivity contribution in [2.24, 2.45) is 0 Å². The lowest BCUT2D eigenvalue weighted by molar-refractivity contribution is -0.689. The standard InChI is InChI=1S/C14H13BrNO.BrH/c1-11-4-2-3-9-16(11)10-14(17)12-5-7-13(15)8-6-12;/h2-9H,10H2,1H3;1H/q+1;/p-1. The highest BCUT2D eigenvalue weighted by Gasteiger charge is 2.13. The molecule has 0 saturated carbocycles. The van der Waals surface area contributed by atoms with E-state index < -0.39 is 0 Å². The van der Waals surface area contributed by atoms with Crippen molar-refractivity contribution in [1.82, 2.24) is 0 Å².